The monoisotopic (exact) mass is 409 g/mol. The maximum absolute atomic E-state index is 12.4. The Hall–Kier alpha value is -3.79. The van der Waals surface area contributed by atoms with Crippen LogP contribution in [0.15, 0.2) is 52.3 Å². The van der Waals surface area contributed by atoms with Crippen molar-refractivity contribution in [1.82, 2.24) is 14.8 Å². The predicted molar refractivity (Wildman–Crippen MR) is 107 cm³/mol. The van der Waals surface area contributed by atoms with E-state index in [2.05, 4.69) is 15.4 Å². The molecule has 0 aliphatic heterocycles. The maximum atomic E-state index is 12.4. The molecule has 0 aliphatic rings. The lowest BCUT2D eigenvalue weighted by Gasteiger charge is -2.04. The fourth-order valence-electron chi connectivity index (χ4n) is 2.68. The van der Waals surface area contributed by atoms with E-state index < -0.39 is 16.7 Å². The lowest BCUT2D eigenvalue weighted by atomic mass is 10.1. The molecule has 0 atom stereocenters. The molecule has 9 nitrogen and oxygen atoms in total. The third kappa shape index (κ3) is 3.78. The minimum absolute atomic E-state index is 0.165. The number of carbonyl (C=O) groups excluding carboxylic acids is 1. The number of hydrogen-bond acceptors (Lipinski definition) is 7. The van der Waals surface area contributed by atoms with Gasteiger partial charge in [0.25, 0.3) is 5.91 Å². The van der Waals surface area contributed by atoms with Crippen LogP contribution in [0.2, 0.25) is 0 Å². The van der Waals surface area contributed by atoms with Gasteiger partial charge in [-0.05, 0) is 19.9 Å². The molecule has 3 heterocycles. The normalized spacial score (nSPS) is 10.8. The van der Waals surface area contributed by atoms with Crippen LogP contribution in [0.5, 0.6) is 0 Å². The molecule has 0 unspecified atom stereocenters. The van der Waals surface area contributed by atoms with Crippen molar-refractivity contribution in [2.45, 2.75) is 13.8 Å². The molecule has 29 heavy (non-hydrogen) atoms. The largest absolute Gasteiger partial charge is 0.433 e. The molecule has 1 amide bonds. The number of carbonyl (C=O) groups is 1. The summed E-state index contributed by atoms with van der Waals surface area (Å²) in [5.41, 5.74) is 3.63. The van der Waals surface area contributed by atoms with Gasteiger partial charge in [-0.25, -0.2) is 4.98 Å². The summed E-state index contributed by atoms with van der Waals surface area (Å²) in [6.45, 7) is 3.81. The second-order valence-corrected chi connectivity index (χ2v) is 7.15. The van der Waals surface area contributed by atoms with E-state index >= 15 is 0 Å². The number of amides is 1. The minimum Gasteiger partial charge on any atom is -0.395 e. The number of nitro groups is 1. The average molecular weight is 409 g/mol. The summed E-state index contributed by atoms with van der Waals surface area (Å²) in [7, 11) is 0. The number of rotatable bonds is 5. The molecule has 1 aromatic carbocycles. The Morgan fingerprint density at radius 1 is 1.21 bits per heavy atom. The van der Waals surface area contributed by atoms with Gasteiger partial charge in [0.05, 0.1) is 17.5 Å². The lowest BCUT2D eigenvalue weighted by Crippen LogP contribution is -2.14. The van der Waals surface area contributed by atoms with Crippen LogP contribution in [-0.2, 0) is 0 Å². The summed E-state index contributed by atoms with van der Waals surface area (Å²) < 4.78 is 6.47. The first-order valence-electron chi connectivity index (χ1n) is 8.56. The number of hydrogen-bond donors (Lipinski definition) is 1. The number of nitrogens with one attached hydrogen (secondary N) is 1. The summed E-state index contributed by atoms with van der Waals surface area (Å²) in [4.78, 5) is 27.1. The zero-order chi connectivity index (χ0) is 20.5. The molecule has 4 aromatic rings. The number of furan rings is 1. The Kier molecular flexibility index (Phi) is 4.69. The molecule has 10 heteroatoms. The number of nitrogens with zero attached hydrogens (tertiary/aromatic N) is 4. The van der Waals surface area contributed by atoms with Gasteiger partial charge in [0.1, 0.15) is 10.7 Å². The van der Waals surface area contributed by atoms with Crippen LogP contribution in [0, 0.1) is 24.0 Å². The summed E-state index contributed by atoms with van der Waals surface area (Å²) in [6.07, 6.45) is 0. The summed E-state index contributed by atoms with van der Waals surface area (Å²) >= 11 is 1.39. The molecule has 1 N–H and O–H groups in total. The number of aromatic nitrogens is 3. The first-order valence-corrected chi connectivity index (χ1v) is 9.44. The van der Waals surface area contributed by atoms with Gasteiger partial charge in [0, 0.05) is 17.0 Å². The van der Waals surface area contributed by atoms with Crippen molar-refractivity contribution in [2.24, 2.45) is 0 Å². The fraction of sp³-hybridized carbons (Fsp3) is 0.105. The maximum Gasteiger partial charge on any atom is 0.433 e. The van der Waals surface area contributed by atoms with Crippen molar-refractivity contribution in [3.05, 3.63) is 75.0 Å². The smallest absolute Gasteiger partial charge is 0.395 e. The molecule has 0 saturated heterocycles. The van der Waals surface area contributed by atoms with Crippen LogP contribution in [0.25, 0.3) is 16.4 Å². The van der Waals surface area contributed by atoms with E-state index in [9.17, 15) is 14.9 Å². The van der Waals surface area contributed by atoms with Crippen molar-refractivity contribution < 1.29 is 14.1 Å². The topological polar surface area (TPSA) is 116 Å². The van der Waals surface area contributed by atoms with E-state index in [0.717, 1.165) is 22.9 Å². The van der Waals surface area contributed by atoms with Gasteiger partial charge >= 0.3 is 5.88 Å². The van der Waals surface area contributed by atoms with Gasteiger partial charge in [-0.3, -0.25) is 14.9 Å². The van der Waals surface area contributed by atoms with E-state index in [1.807, 2.05) is 36.6 Å². The van der Waals surface area contributed by atoms with Crippen molar-refractivity contribution >= 4 is 28.9 Å². The van der Waals surface area contributed by atoms with Gasteiger partial charge in [0.15, 0.2) is 5.76 Å². The highest BCUT2D eigenvalue weighted by atomic mass is 32.1. The van der Waals surface area contributed by atoms with E-state index in [1.54, 1.807) is 13.0 Å². The van der Waals surface area contributed by atoms with E-state index in [1.165, 1.54) is 22.1 Å². The minimum atomic E-state index is -0.701. The predicted octanol–water partition coefficient (Wildman–Crippen LogP) is 4.37. The van der Waals surface area contributed by atoms with Crippen molar-refractivity contribution in [2.75, 3.05) is 5.32 Å². The van der Waals surface area contributed by atoms with Gasteiger partial charge in [-0.15, -0.1) is 11.3 Å². The Balaban J connectivity index is 1.61. The zero-order valence-electron chi connectivity index (χ0n) is 15.4. The van der Waals surface area contributed by atoms with E-state index in [4.69, 9.17) is 4.42 Å². The van der Waals surface area contributed by atoms with Crippen molar-refractivity contribution in [3.63, 3.8) is 0 Å². The number of aryl methyl sites for hydroxylation is 2. The lowest BCUT2D eigenvalue weighted by molar-refractivity contribution is -0.402. The first-order chi connectivity index (χ1) is 13.9. The Morgan fingerprint density at radius 3 is 2.66 bits per heavy atom. The summed E-state index contributed by atoms with van der Waals surface area (Å²) in [5, 5.41) is 20.3. The molecular formula is C19H15N5O4S. The van der Waals surface area contributed by atoms with Gasteiger partial charge in [-0.2, -0.15) is 9.78 Å². The van der Waals surface area contributed by atoms with Crippen LogP contribution in [0.4, 0.5) is 11.7 Å². The summed E-state index contributed by atoms with van der Waals surface area (Å²) in [6, 6.07) is 12.1. The molecule has 0 bridgehead atoms. The zero-order valence-corrected chi connectivity index (χ0v) is 16.3. The highest BCUT2D eigenvalue weighted by Crippen LogP contribution is 2.27. The highest BCUT2D eigenvalue weighted by molar-refractivity contribution is 7.12. The second kappa shape index (κ2) is 7.32. The third-order valence-corrected chi connectivity index (χ3v) is 4.91. The molecule has 0 aliphatic carbocycles. The molecule has 4 rings (SSSR count). The fourth-order valence-corrected chi connectivity index (χ4v) is 3.47. The average Bonchev–Trinajstić information content (AvgIpc) is 3.41. The van der Waals surface area contributed by atoms with Gasteiger partial charge in [0.2, 0.25) is 5.13 Å². The molecule has 0 spiro atoms. The van der Waals surface area contributed by atoms with Crippen LogP contribution in [0.1, 0.15) is 21.8 Å². The van der Waals surface area contributed by atoms with Crippen molar-refractivity contribution in [3.8, 4) is 16.4 Å². The molecule has 0 radical (unpaired) electrons. The quantitative estimate of drug-likeness (QED) is 0.386. The summed E-state index contributed by atoms with van der Waals surface area (Å²) in [5.74, 6) is -0.894. The molecular weight excluding hydrogens is 394 g/mol. The standard InChI is InChI=1S/C19H15N5O4S/c1-11-3-5-13(6-4-11)14-10-29-19(20-14)23-16(9-12(2)22-23)21-18(25)15-7-8-17(28-15)24(26)27/h3-10H,1-2H3,(H,21,25). The SMILES string of the molecule is Cc1ccc(-c2csc(-n3nc(C)cc3NC(=O)c3ccc([N+](=O)[O-])o3)n2)cc1. The van der Waals surface area contributed by atoms with E-state index in [-0.39, 0.29) is 5.76 Å². The second-order valence-electron chi connectivity index (χ2n) is 6.31. The van der Waals surface area contributed by atoms with Crippen LogP contribution in [-0.4, -0.2) is 25.6 Å². The molecule has 0 saturated carbocycles. The molecule has 0 fully saturated rings. The Bertz CT molecular complexity index is 1210. The van der Waals surface area contributed by atoms with Crippen LogP contribution >= 0.6 is 11.3 Å². The van der Waals surface area contributed by atoms with Crippen LogP contribution < -0.4 is 5.32 Å². The number of thiazole rings is 1. The number of benzene rings is 1. The van der Waals surface area contributed by atoms with Crippen molar-refractivity contribution in [1.29, 1.82) is 0 Å². The highest BCUT2D eigenvalue weighted by Gasteiger charge is 2.20. The van der Waals surface area contributed by atoms with Gasteiger partial charge < -0.3 is 9.73 Å². The first kappa shape index (κ1) is 18.6. The van der Waals surface area contributed by atoms with Crippen LogP contribution in [0.3, 0.4) is 0 Å². The molecule has 146 valence electrons. The third-order valence-electron chi connectivity index (χ3n) is 4.09. The Morgan fingerprint density at radius 2 is 1.97 bits per heavy atom. The Labute approximate surface area is 168 Å². The van der Waals surface area contributed by atoms with Gasteiger partial charge in [-0.1, -0.05) is 29.8 Å². The molecule has 3 aromatic heterocycles. The number of anilines is 1. The van der Waals surface area contributed by atoms with E-state index in [0.29, 0.717) is 16.6 Å².